The summed E-state index contributed by atoms with van der Waals surface area (Å²) in [7, 11) is 1.61. The first kappa shape index (κ1) is 16.0. The van der Waals surface area contributed by atoms with Crippen LogP contribution < -0.4 is 9.46 Å². The number of benzene rings is 2. The van der Waals surface area contributed by atoms with Gasteiger partial charge in [0.15, 0.2) is 6.19 Å². The van der Waals surface area contributed by atoms with Crippen LogP contribution in [-0.2, 0) is 13.1 Å². The lowest BCUT2D eigenvalue weighted by molar-refractivity contribution is 0.415. The lowest BCUT2D eigenvalue weighted by Gasteiger charge is -2.14. The molecule has 120 valence electrons. The van der Waals surface area contributed by atoms with Crippen molar-refractivity contribution in [1.29, 1.82) is 10.5 Å². The zero-order valence-corrected chi connectivity index (χ0v) is 14.3. The second-order valence-electron chi connectivity index (χ2n) is 5.45. The Morgan fingerprint density at radius 2 is 2.00 bits per heavy atom. The summed E-state index contributed by atoms with van der Waals surface area (Å²) in [6.45, 7) is 1.15. The molecule has 0 radical (unpaired) electrons. The van der Waals surface area contributed by atoms with Crippen molar-refractivity contribution in [2.24, 2.45) is 0 Å². The van der Waals surface area contributed by atoms with E-state index in [1.165, 1.54) is 11.9 Å². The van der Waals surface area contributed by atoms with E-state index >= 15 is 0 Å². The van der Waals surface area contributed by atoms with Gasteiger partial charge in [-0.1, -0.05) is 11.9 Å². The average molecular weight is 336 g/mol. The Labute approximate surface area is 145 Å². The number of nitrogens with zero attached hydrogens (tertiary/aromatic N) is 3. The van der Waals surface area contributed by atoms with Gasteiger partial charge >= 0.3 is 0 Å². The van der Waals surface area contributed by atoms with Crippen LogP contribution in [0.4, 0.5) is 5.69 Å². The molecule has 0 amide bonds. The molecular weight excluding hydrogens is 320 g/mol. The van der Waals surface area contributed by atoms with Gasteiger partial charge < -0.3 is 14.4 Å². The molecule has 0 unspecified atom stereocenters. The van der Waals surface area contributed by atoms with E-state index in [1.54, 1.807) is 24.1 Å². The number of anilines is 1. The van der Waals surface area contributed by atoms with Crippen molar-refractivity contribution in [3.8, 4) is 29.1 Å². The van der Waals surface area contributed by atoms with Gasteiger partial charge in [0.2, 0.25) is 0 Å². The van der Waals surface area contributed by atoms with Crippen molar-refractivity contribution in [2.45, 2.75) is 13.1 Å². The van der Waals surface area contributed by atoms with E-state index in [0.717, 1.165) is 27.9 Å². The van der Waals surface area contributed by atoms with Gasteiger partial charge in [0.25, 0.3) is 0 Å². The number of methoxy groups -OCH3 is 1. The summed E-state index contributed by atoms with van der Waals surface area (Å²) in [6, 6.07) is 11.8. The van der Waals surface area contributed by atoms with Crippen LogP contribution in [0.3, 0.4) is 0 Å². The fraction of sp³-hybridized carbons (Fsp3) is 0.222. The summed E-state index contributed by atoms with van der Waals surface area (Å²) in [6.07, 6.45) is 4.17. The van der Waals surface area contributed by atoms with Crippen LogP contribution in [0.5, 0.6) is 5.75 Å². The highest BCUT2D eigenvalue weighted by molar-refractivity contribution is 7.99. The highest BCUT2D eigenvalue weighted by Gasteiger charge is 2.24. The van der Waals surface area contributed by atoms with Gasteiger partial charge in [-0.3, -0.25) is 0 Å². The standard InChI is InChI=1S/C18H16N4OS/c1-23-15-4-3-12(8-19)16(7-15)17-6-14(21-24-2)5-13-9-22(11-20)10-18(13)17/h3-7,21H,9-10H2,1-2H3. The smallest absolute Gasteiger partial charge is 0.179 e. The Bertz CT molecular complexity index is 867. The zero-order chi connectivity index (χ0) is 17.1. The molecule has 5 nitrogen and oxygen atoms in total. The monoisotopic (exact) mass is 336 g/mol. The molecule has 1 N–H and O–H groups in total. The molecule has 0 spiro atoms. The number of hydrogen-bond acceptors (Lipinski definition) is 6. The Kier molecular flexibility index (Phi) is 4.50. The minimum absolute atomic E-state index is 0.558. The number of nitriles is 2. The van der Waals surface area contributed by atoms with Gasteiger partial charge in [-0.2, -0.15) is 10.5 Å². The van der Waals surface area contributed by atoms with Gasteiger partial charge in [-0.05, 0) is 47.0 Å². The molecular formula is C18H16N4OS. The van der Waals surface area contributed by atoms with Crippen molar-refractivity contribution in [2.75, 3.05) is 18.1 Å². The van der Waals surface area contributed by atoms with Crippen molar-refractivity contribution in [3.63, 3.8) is 0 Å². The SMILES string of the molecule is COc1ccc(C#N)c(-c2cc(NSC)cc3c2CN(C#N)C3)c1. The van der Waals surface area contributed by atoms with E-state index in [0.29, 0.717) is 24.4 Å². The van der Waals surface area contributed by atoms with Gasteiger partial charge in [-0.25, -0.2) is 0 Å². The second-order valence-corrected chi connectivity index (χ2v) is 6.06. The predicted molar refractivity (Wildman–Crippen MR) is 95.1 cm³/mol. The van der Waals surface area contributed by atoms with Crippen LogP contribution in [-0.4, -0.2) is 18.3 Å². The number of ether oxygens (including phenoxy) is 1. The maximum Gasteiger partial charge on any atom is 0.179 e. The molecule has 2 aromatic carbocycles. The Balaban J connectivity index is 2.22. The van der Waals surface area contributed by atoms with Crippen molar-refractivity contribution < 1.29 is 4.74 Å². The number of nitrogens with one attached hydrogen (secondary N) is 1. The molecule has 0 atom stereocenters. The van der Waals surface area contributed by atoms with Gasteiger partial charge in [0.05, 0.1) is 31.8 Å². The molecule has 1 aliphatic heterocycles. The normalized spacial score (nSPS) is 12.2. The quantitative estimate of drug-likeness (QED) is 0.678. The van der Waals surface area contributed by atoms with Crippen molar-refractivity contribution >= 4 is 17.6 Å². The van der Waals surface area contributed by atoms with Crippen LogP contribution >= 0.6 is 11.9 Å². The van der Waals surface area contributed by atoms with Gasteiger partial charge in [-0.15, -0.1) is 0 Å². The summed E-state index contributed by atoms with van der Waals surface area (Å²) in [5.41, 5.74) is 5.55. The molecule has 1 heterocycles. The fourth-order valence-corrected chi connectivity index (χ4v) is 3.32. The Hall–Kier alpha value is -2.83. The summed E-state index contributed by atoms with van der Waals surface area (Å²) in [5.74, 6) is 0.705. The lowest BCUT2D eigenvalue weighted by Crippen LogP contribution is -2.07. The van der Waals surface area contributed by atoms with E-state index < -0.39 is 0 Å². The van der Waals surface area contributed by atoms with Crippen molar-refractivity contribution in [1.82, 2.24) is 4.90 Å². The summed E-state index contributed by atoms with van der Waals surface area (Å²) in [5, 5.41) is 18.7. The van der Waals surface area contributed by atoms with Crippen LogP contribution in [0.1, 0.15) is 16.7 Å². The van der Waals surface area contributed by atoms with Gasteiger partial charge in [0.1, 0.15) is 5.75 Å². The molecule has 2 aromatic rings. The molecule has 3 rings (SSSR count). The minimum atomic E-state index is 0.558. The van der Waals surface area contributed by atoms with E-state index in [-0.39, 0.29) is 0 Å². The third-order valence-electron chi connectivity index (χ3n) is 4.05. The minimum Gasteiger partial charge on any atom is -0.497 e. The molecule has 24 heavy (non-hydrogen) atoms. The van der Waals surface area contributed by atoms with Crippen LogP contribution in [0.2, 0.25) is 0 Å². The second kappa shape index (κ2) is 6.74. The van der Waals surface area contributed by atoms with E-state index in [9.17, 15) is 10.5 Å². The molecule has 1 aliphatic rings. The highest BCUT2D eigenvalue weighted by atomic mass is 32.2. The third-order valence-corrected chi connectivity index (χ3v) is 4.49. The number of fused-ring (bicyclic) bond motifs is 1. The lowest BCUT2D eigenvalue weighted by atomic mass is 9.93. The summed E-state index contributed by atoms with van der Waals surface area (Å²) >= 11 is 1.51. The van der Waals surface area contributed by atoms with Crippen LogP contribution in [0.25, 0.3) is 11.1 Å². The van der Waals surface area contributed by atoms with E-state index in [2.05, 4.69) is 23.1 Å². The number of hydrogen-bond donors (Lipinski definition) is 1. The first-order valence-electron chi connectivity index (χ1n) is 7.38. The first-order valence-corrected chi connectivity index (χ1v) is 8.60. The molecule has 0 bridgehead atoms. The topological polar surface area (TPSA) is 72.1 Å². The largest absolute Gasteiger partial charge is 0.497 e. The number of rotatable bonds is 4. The molecule has 0 aliphatic carbocycles. The van der Waals surface area contributed by atoms with Crippen LogP contribution in [0, 0.1) is 22.8 Å². The first-order chi connectivity index (χ1) is 11.7. The maximum absolute atomic E-state index is 9.49. The third kappa shape index (κ3) is 2.84. The summed E-state index contributed by atoms with van der Waals surface area (Å²) in [4.78, 5) is 1.71. The molecule has 0 saturated carbocycles. The molecule has 0 saturated heterocycles. The maximum atomic E-state index is 9.49. The van der Waals surface area contributed by atoms with Gasteiger partial charge in [0, 0.05) is 17.5 Å². The highest BCUT2D eigenvalue weighted by Crippen LogP contribution is 2.38. The Morgan fingerprint density at radius 1 is 1.17 bits per heavy atom. The van der Waals surface area contributed by atoms with Crippen molar-refractivity contribution in [3.05, 3.63) is 47.0 Å². The zero-order valence-electron chi connectivity index (χ0n) is 13.5. The van der Waals surface area contributed by atoms with Crippen LogP contribution in [0.15, 0.2) is 30.3 Å². The Morgan fingerprint density at radius 3 is 2.67 bits per heavy atom. The molecule has 0 fully saturated rings. The average Bonchev–Trinajstić information content (AvgIpc) is 3.04. The predicted octanol–water partition coefficient (Wildman–Crippen LogP) is 3.72. The van der Waals surface area contributed by atoms with E-state index in [1.807, 2.05) is 18.4 Å². The summed E-state index contributed by atoms with van der Waals surface area (Å²) < 4.78 is 8.57. The molecule has 0 aromatic heterocycles. The molecule has 6 heteroatoms. The fourth-order valence-electron chi connectivity index (χ4n) is 2.97. The van der Waals surface area contributed by atoms with E-state index in [4.69, 9.17) is 4.74 Å².